The molecular weight excluding hydrogens is 449 g/mol. The number of aromatic hydroxyl groups is 1. The maximum atomic E-state index is 13.6. The number of phenolic OH excluding ortho intramolecular Hbond substituents is 1. The standard InChI is InChI=1S/C27H18FN3O4/c28-18-9-11-20(12-10-18)31-26(34)21-13-8-17(15-22(21)27(31)35)25(33)30(16-19-5-3-4-14-29-19)23-6-1-2-7-24(23)32/h1-15,32H,16H2. The van der Waals surface area contributed by atoms with Gasteiger partial charge in [0.25, 0.3) is 17.7 Å². The second-order valence-electron chi connectivity index (χ2n) is 7.88. The summed E-state index contributed by atoms with van der Waals surface area (Å²) < 4.78 is 13.3. The number of aromatic nitrogens is 1. The topological polar surface area (TPSA) is 90.8 Å². The number of hydrogen-bond donors (Lipinski definition) is 1. The third-order valence-electron chi connectivity index (χ3n) is 5.68. The molecule has 172 valence electrons. The first-order valence-electron chi connectivity index (χ1n) is 10.7. The Hall–Kier alpha value is -4.85. The number of imide groups is 1. The highest BCUT2D eigenvalue weighted by Crippen LogP contribution is 2.32. The molecule has 7 nitrogen and oxygen atoms in total. The summed E-state index contributed by atoms with van der Waals surface area (Å²) in [7, 11) is 0. The van der Waals surface area contributed by atoms with Gasteiger partial charge in [-0.25, -0.2) is 9.29 Å². The smallest absolute Gasteiger partial charge is 0.266 e. The van der Waals surface area contributed by atoms with Gasteiger partial charge in [-0.1, -0.05) is 18.2 Å². The van der Waals surface area contributed by atoms with Crippen LogP contribution in [0.4, 0.5) is 15.8 Å². The van der Waals surface area contributed by atoms with Crippen LogP contribution in [0.25, 0.3) is 0 Å². The van der Waals surface area contributed by atoms with E-state index in [0.29, 0.717) is 5.69 Å². The number of rotatable bonds is 5. The molecule has 0 spiro atoms. The maximum absolute atomic E-state index is 13.6. The summed E-state index contributed by atoms with van der Waals surface area (Å²) in [5.74, 6) is -2.23. The van der Waals surface area contributed by atoms with Crippen molar-refractivity contribution in [2.45, 2.75) is 6.54 Å². The van der Waals surface area contributed by atoms with Gasteiger partial charge in [-0.15, -0.1) is 0 Å². The van der Waals surface area contributed by atoms with Crippen molar-refractivity contribution >= 4 is 29.1 Å². The molecule has 1 N–H and O–H groups in total. The van der Waals surface area contributed by atoms with E-state index < -0.39 is 23.5 Å². The molecular formula is C27H18FN3O4. The predicted molar refractivity (Wildman–Crippen MR) is 127 cm³/mol. The summed E-state index contributed by atoms with van der Waals surface area (Å²) in [6.07, 6.45) is 1.60. The van der Waals surface area contributed by atoms with Crippen LogP contribution in [-0.4, -0.2) is 27.8 Å². The Morgan fingerprint density at radius 2 is 1.60 bits per heavy atom. The second-order valence-corrected chi connectivity index (χ2v) is 7.88. The lowest BCUT2D eigenvalue weighted by Gasteiger charge is -2.23. The van der Waals surface area contributed by atoms with Crippen LogP contribution in [0.5, 0.6) is 5.75 Å². The van der Waals surface area contributed by atoms with Gasteiger partial charge in [-0.2, -0.15) is 0 Å². The number of benzene rings is 3. The fourth-order valence-corrected chi connectivity index (χ4v) is 3.97. The number of halogens is 1. The number of fused-ring (bicyclic) bond motifs is 1. The summed E-state index contributed by atoms with van der Waals surface area (Å²) in [5, 5.41) is 10.4. The van der Waals surface area contributed by atoms with Crippen molar-refractivity contribution < 1.29 is 23.9 Å². The van der Waals surface area contributed by atoms with Crippen molar-refractivity contribution in [2.24, 2.45) is 0 Å². The summed E-state index contributed by atoms with van der Waals surface area (Å²) in [5.41, 5.74) is 1.48. The first kappa shape index (κ1) is 22.0. The van der Waals surface area contributed by atoms with Crippen molar-refractivity contribution in [3.8, 4) is 5.75 Å². The first-order valence-corrected chi connectivity index (χ1v) is 10.7. The van der Waals surface area contributed by atoms with Crippen LogP contribution in [0.2, 0.25) is 0 Å². The number of carbonyl (C=O) groups is 3. The van der Waals surface area contributed by atoms with E-state index in [1.54, 1.807) is 42.6 Å². The zero-order valence-corrected chi connectivity index (χ0v) is 18.3. The highest BCUT2D eigenvalue weighted by Gasteiger charge is 2.37. The zero-order valence-electron chi connectivity index (χ0n) is 18.3. The lowest BCUT2D eigenvalue weighted by Crippen LogP contribution is -2.31. The molecule has 0 radical (unpaired) electrons. The highest BCUT2D eigenvalue weighted by molar-refractivity contribution is 6.34. The Morgan fingerprint density at radius 3 is 2.31 bits per heavy atom. The van der Waals surface area contributed by atoms with Crippen LogP contribution in [0.1, 0.15) is 36.8 Å². The monoisotopic (exact) mass is 467 g/mol. The van der Waals surface area contributed by atoms with Gasteiger partial charge in [0.05, 0.1) is 34.7 Å². The van der Waals surface area contributed by atoms with Gasteiger partial charge < -0.3 is 5.11 Å². The van der Waals surface area contributed by atoms with Gasteiger partial charge in [0.15, 0.2) is 0 Å². The van der Waals surface area contributed by atoms with E-state index in [4.69, 9.17) is 0 Å². The molecule has 0 fully saturated rings. The van der Waals surface area contributed by atoms with E-state index >= 15 is 0 Å². The predicted octanol–water partition coefficient (Wildman–Crippen LogP) is 4.57. The number of phenols is 1. The number of hydrogen-bond acceptors (Lipinski definition) is 5. The molecule has 0 bridgehead atoms. The summed E-state index contributed by atoms with van der Waals surface area (Å²) in [6.45, 7) is 0.0723. The van der Waals surface area contributed by atoms with Crippen molar-refractivity contribution in [3.63, 3.8) is 0 Å². The first-order chi connectivity index (χ1) is 16.9. The number of amides is 3. The largest absolute Gasteiger partial charge is 0.506 e. The normalized spacial score (nSPS) is 12.5. The molecule has 1 aliphatic heterocycles. The Balaban J connectivity index is 1.52. The molecule has 1 aromatic heterocycles. The van der Waals surface area contributed by atoms with E-state index in [-0.39, 0.29) is 40.4 Å². The Labute approximate surface area is 199 Å². The Kier molecular flexibility index (Phi) is 5.54. The summed E-state index contributed by atoms with van der Waals surface area (Å²) >= 11 is 0. The molecule has 3 amide bonds. The van der Waals surface area contributed by atoms with Gasteiger partial charge in [0, 0.05) is 11.8 Å². The van der Waals surface area contributed by atoms with E-state index in [9.17, 15) is 23.9 Å². The van der Waals surface area contributed by atoms with Gasteiger partial charge in [-0.05, 0) is 66.7 Å². The quantitative estimate of drug-likeness (QED) is 0.434. The minimum absolute atomic E-state index is 0.0697. The van der Waals surface area contributed by atoms with Crippen molar-refractivity contribution in [3.05, 3.63) is 119 Å². The van der Waals surface area contributed by atoms with E-state index in [1.165, 1.54) is 41.3 Å². The van der Waals surface area contributed by atoms with Gasteiger partial charge in [0.2, 0.25) is 0 Å². The lowest BCUT2D eigenvalue weighted by atomic mass is 10.0. The maximum Gasteiger partial charge on any atom is 0.266 e. The summed E-state index contributed by atoms with van der Waals surface area (Å²) in [6, 6.07) is 21.0. The van der Waals surface area contributed by atoms with E-state index in [0.717, 1.165) is 17.0 Å². The number of para-hydroxylation sites is 2. The molecule has 0 saturated heterocycles. The van der Waals surface area contributed by atoms with Gasteiger partial charge in [-0.3, -0.25) is 24.3 Å². The third kappa shape index (κ3) is 4.02. The van der Waals surface area contributed by atoms with Crippen LogP contribution in [0.15, 0.2) is 91.1 Å². The van der Waals surface area contributed by atoms with Crippen LogP contribution in [0, 0.1) is 5.82 Å². The summed E-state index contributed by atoms with van der Waals surface area (Å²) in [4.78, 5) is 46.2. The molecule has 5 rings (SSSR count). The highest BCUT2D eigenvalue weighted by atomic mass is 19.1. The Bertz CT molecular complexity index is 1460. The molecule has 0 aliphatic carbocycles. The molecule has 35 heavy (non-hydrogen) atoms. The molecule has 0 saturated carbocycles. The number of carbonyl (C=O) groups excluding carboxylic acids is 3. The van der Waals surface area contributed by atoms with E-state index in [2.05, 4.69) is 4.98 Å². The van der Waals surface area contributed by atoms with Gasteiger partial charge in [0.1, 0.15) is 11.6 Å². The minimum Gasteiger partial charge on any atom is -0.506 e. The van der Waals surface area contributed by atoms with Gasteiger partial charge >= 0.3 is 0 Å². The third-order valence-corrected chi connectivity index (χ3v) is 5.68. The molecule has 3 aromatic carbocycles. The van der Waals surface area contributed by atoms with E-state index in [1.807, 2.05) is 0 Å². The molecule has 0 unspecified atom stereocenters. The molecule has 1 aliphatic rings. The zero-order chi connectivity index (χ0) is 24.5. The average Bonchev–Trinajstić information content (AvgIpc) is 3.13. The van der Waals surface area contributed by atoms with Crippen molar-refractivity contribution in [2.75, 3.05) is 9.80 Å². The fraction of sp³-hybridized carbons (Fsp3) is 0.0370. The minimum atomic E-state index is -0.606. The van der Waals surface area contributed by atoms with Crippen molar-refractivity contribution in [1.82, 2.24) is 4.98 Å². The lowest BCUT2D eigenvalue weighted by molar-refractivity contribution is 0.0925. The van der Waals surface area contributed by atoms with Crippen molar-refractivity contribution in [1.29, 1.82) is 0 Å². The number of anilines is 2. The number of pyridine rings is 1. The average molecular weight is 467 g/mol. The number of nitrogens with zero attached hydrogens (tertiary/aromatic N) is 3. The second kappa shape index (κ2) is 8.83. The van der Waals surface area contributed by atoms with Crippen LogP contribution in [0.3, 0.4) is 0 Å². The fourth-order valence-electron chi connectivity index (χ4n) is 3.97. The Morgan fingerprint density at radius 1 is 0.886 bits per heavy atom. The SMILES string of the molecule is O=C(c1ccc2c(c1)C(=O)N(c1ccc(F)cc1)C2=O)N(Cc1ccccn1)c1ccccc1O. The molecule has 2 heterocycles. The van der Waals surface area contributed by atoms with Crippen LogP contribution in [-0.2, 0) is 6.54 Å². The van der Waals surface area contributed by atoms with Crippen LogP contribution < -0.4 is 9.80 Å². The van der Waals surface area contributed by atoms with Crippen LogP contribution >= 0.6 is 0 Å². The molecule has 0 atom stereocenters. The molecule has 8 heteroatoms. The molecule has 4 aromatic rings.